The highest BCUT2D eigenvalue weighted by molar-refractivity contribution is 6.39. The number of hydrogen-bond donors (Lipinski definition) is 2. The number of nitrogens with one attached hydrogen (secondary N) is 1. The lowest BCUT2D eigenvalue weighted by Crippen LogP contribution is -2.30. The summed E-state index contributed by atoms with van der Waals surface area (Å²) >= 11 is 6.24. The number of hydrogen-bond acceptors (Lipinski definition) is 4. The Balaban J connectivity index is 1.77. The summed E-state index contributed by atoms with van der Waals surface area (Å²) in [7, 11) is 0. The van der Waals surface area contributed by atoms with E-state index in [1.807, 2.05) is 54.6 Å². The smallest absolute Gasteiger partial charge is 0.335 e. The molecule has 4 aromatic rings. The van der Waals surface area contributed by atoms with Crippen LogP contribution < -0.4 is 11.2 Å². The maximum Gasteiger partial charge on any atom is 0.335 e. The predicted octanol–water partition coefficient (Wildman–Crippen LogP) is 4.56. The molecule has 1 aliphatic heterocycles. The topological polar surface area (TPSA) is 87.5 Å². The van der Waals surface area contributed by atoms with Crippen LogP contribution in [0.3, 0.4) is 0 Å². The minimum Gasteiger partial charge on any atom is -0.494 e. The van der Waals surface area contributed by atoms with Crippen molar-refractivity contribution < 1.29 is 5.11 Å². The van der Waals surface area contributed by atoms with Crippen LogP contribution in [0.15, 0.2) is 93.4 Å². The van der Waals surface area contributed by atoms with Gasteiger partial charge in [0.2, 0.25) is 5.88 Å². The first kappa shape index (κ1) is 19.8. The summed E-state index contributed by atoms with van der Waals surface area (Å²) < 4.78 is 0.982. The van der Waals surface area contributed by atoms with Gasteiger partial charge in [-0.15, -0.1) is 0 Å². The van der Waals surface area contributed by atoms with E-state index in [1.165, 1.54) is 0 Å². The number of rotatable bonds is 3. The molecule has 1 aromatic heterocycles. The average Bonchev–Trinajstić information content (AvgIpc) is 3.17. The first-order valence-electron chi connectivity index (χ1n) is 9.83. The molecule has 0 radical (unpaired) electrons. The molecule has 5 rings (SSSR count). The Labute approximate surface area is 187 Å². The molecule has 0 amide bonds. The second kappa shape index (κ2) is 7.83. The van der Waals surface area contributed by atoms with Crippen molar-refractivity contribution in [2.45, 2.75) is 0 Å². The molecule has 0 aliphatic carbocycles. The highest BCUT2D eigenvalue weighted by Crippen LogP contribution is 2.38. The summed E-state index contributed by atoms with van der Waals surface area (Å²) in [5.41, 5.74) is 2.47. The van der Waals surface area contributed by atoms with E-state index in [0.717, 1.165) is 21.4 Å². The standard InChI is InChI=1S/C25H16ClN3O3/c26-19-11-5-7-13-21(19)29-24(31)18(23(30)28-25(29)32)14-17-16-10-4-6-12-20(16)27-22(17)15-8-2-1-3-9-15/h1-14,31H,(H,28,30,32). The SMILES string of the molecule is O=c1[nH]c(=O)n(-c2ccccc2Cl)c(O)c1C=C1C(c2ccccc2)=Nc2ccccc21. The van der Waals surface area contributed by atoms with Gasteiger partial charge in [0.1, 0.15) is 5.56 Å². The number of aromatic hydroxyl groups is 1. The second-order valence-corrected chi connectivity index (χ2v) is 7.59. The van der Waals surface area contributed by atoms with Gasteiger partial charge in [-0.05, 0) is 24.3 Å². The molecule has 0 saturated carbocycles. The number of fused-ring (bicyclic) bond motifs is 1. The van der Waals surface area contributed by atoms with Crippen LogP contribution in [-0.2, 0) is 0 Å². The lowest BCUT2D eigenvalue weighted by atomic mass is 9.96. The largest absolute Gasteiger partial charge is 0.494 e. The third-order valence-electron chi connectivity index (χ3n) is 5.23. The van der Waals surface area contributed by atoms with E-state index in [9.17, 15) is 14.7 Å². The van der Waals surface area contributed by atoms with Crippen molar-refractivity contribution in [1.29, 1.82) is 0 Å². The molecule has 0 fully saturated rings. The van der Waals surface area contributed by atoms with Crippen molar-refractivity contribution in [1.82, 2.24) is 9.55 Å². The van der Waals surface area contributed by atoms with Gasteiger partial charge in [-0.1, -0.05) is 72.3 Å². The zero-order valence-corrected chi connectivity index (χ0v) is 17.4. The van der Waals surface area contributed by atoms with Crippen molar-refractivity contribution in [3.63, 3.8) is 0 Å². The number of aromatic amines is 1. The zero-order chi connectivity index (χ0) is 22.2. The molecule has 0 spiro atoms. The van der Waals surface area contributed by atoms with Crippen molar-refractivity contribution in [2.24, 2.45) is 4.99 Å². The molecule has 2 N–H and O–H groups in total. The Kier molecular flexibility index (Phi) is 4.84. The van der Waals surface area contributed by atoms with E-state index < -0.39 is 17.1 Å². The van der Waals surface area contributed by atoms with Gasteiger partial charge in [-0.25, -0.2) is 14.4 Å². The molecular weight excluding hydrogens is 426 g/mol. The van der Waals surface area contributed by atoms with Crippen molar-refractivity contribution in [2.75, 3.05) is 0 Å². The molecule has 6 nitrogen and oxygen atoms in total. The first-order chi connectivity index (χ1) is 15.5. The number of aromatic nitrogens is 2. The third kappa shape index (κ3) is 3.27. The Morgan fingerprint density at radius 1 is 0.906 bits per heavy atom. The molecule has 156 valence electrons. The molecule has 0 bridgehead atoms. The first-order valence-corrected chi connectivity index (χ1v) is 10.2. The zero-order valence-electron chi connectivity index (χ0n) is 16.6. The molecule has 1 aliphatic rings. The molecule has 3 aromatic carbocycles. The highest BCUT2D eigenvalue weighted by atomic mass is 35.5. The van der Waals surface area contributed by atoms with Crippen LogP contribution >= 0.6 is 11.6 Å². The summed E-state index contributed by atoms with van der Waals surface area (Å²) in [4.78, 5) is 32.3. The monoisotopic (exact) mass is 441 g/mol. The predicted molar refractivity (Wildman–Crippen MR) is 126 cm³/mol. The number of halogens is 1. The molecular formula is C25H16ClN3O3. The van der Waals surface area contributed by atoms with Crippen LogP contribution in [0, 0.1) is 0 Å². The molecule has 0 atom stereocenters. The molecule has 7 heteroatoms. The van der Waals surface area contributed by atoms with E-state index in [2.05, 4.69) is 4.98 Å². The average molecular weight is 442 g/mol. The fourth-order valence-corrected chi connectivity index (χ4v) is 3.96. The normalized spacial score (nSPS) is 13.8. The fourth-order valence-electron chi connectivity index (χ4n) is 3.74. The van der Waals surface area contributed by atoms with Gasteiger partial charge in [0.15, 0.2) is 0 Å². The number of aliphatic imine (C=N–C) groups is 1. The second-order valence-electron chi connectivity index (χ2n) is 7.18. The number of para-hydroxylation sites is 2. The third-order valence-corrected chi connectivity index (χ3v) is 5.55. The fraction of sp³-hybridized carbons (Fsp3) is 0. The number of benzene rings is 3. The summed E-state index contributed by atoms with van der Waals surface area (Å²) in [5.74, 6) is -0.504. The van der Waals surface area contributed by atoms with E-state index in [1.54, 1.807) is 30.3 Å². The van der Waals surface area contributed by atoms with Gasteiger partial charge >= 0.3 is 5.69 Å². The minimum absolute atomic E-state index is 0.0696. The van der Waals surface area contributed by atoms with Gasteiger partial charge in [-0.3, -0.25) is 9.78 Å². The minimum atomic E-state index is -0.786. The van der Waals surface area contributed by atoms with Crippen LogP contribution in [0.1, 0.15) is 16.7 Å². The number of nitrogens with zero attached hydrogens (tertiary/aromatic N) is 2. The van der Waals surface area contributed by atoms with E-state index in [-0.39, 0.29) is 16.3 Å². The number of allylic oxidation sites excluding steroid dienone is 1. The van der Waals surface area contributed by atoms with Gasteiger partial charge in [0.25, 0.3) is 5.56 Å². The lowest BCUT2D eigenvalue weighted by Gasteiger charge is -2.12. The van der Waals surface area contributed by atoms with Gasteiger partial charge in [-0.2, -0.15) is 0 Å². The van der Waals surface area contributed by atoms with E-state index in [4.69, 9.17) is 16.6 Å². The lowest BCUT2D eigenvalue weighted by molar-refractivity contribution is 0.429. The Hall–Kier alpha value is -4.16. The molecule has 0 unspecified atom stereocenters. The quantitative estimate of drug-likeness (QED) is 0.488. The van der Waals surface area contributed by atoms with Gasteiger partial charge < -0.3 is 5.11 Å². The highest BCUT2D eigenvalue weighted by Gasteiger charge is 2.24. The Morgan fingerprint density at radius 2 is 1.59 bits per heavy atom. The Bertz CT molecular complexity index is 1530. The Morgan fingerprint density at radius 3 is 2.38 bits per heavy atom. The van der Waals surface area contributed by atoms with Crippen LogP contribution in [0.25, 0.3) is 17.3 Å². The van der Waals surface area contributed by atoms with E-state index in [0.29, 0.717) is 11.3 Å². The van der Waals surface area contributed by atoms with Crippen LogP contribution in [0.4, 0.5) is 5.69 Å². The van der Waals surface area contributed by atoms with E-state index >= 15 is 0 Å². The molecule has 2 heterocycles. The molecule has 32 heavy (non-hydrogen) atoms. The summed E-state index contributed by atoms with van der Waals surface area (Å²) in [6.07, 6.45) is 1.55. The summed E-state index contributed by atoms with van der Waals surface area (Å²) in [5, 5.41) is 11.3. The van der Waals surface area contributed by atoms with Crippen LogP contribution in [0.5, 0.6) is 5.88 Å². The van der Waals surface area contributed by atoms with Crippen LogP contribution in [-0.4, -0.2) is 20.4 Å². The van der Waals surface area contributed by atoms with Crippen molar-refractivity contribution >= 4 is 34.6 Å². The van der Waals surface area contributed by atoms with Gasteiger partial charge in [0.05, 0.1) is 22.1 Å². The van der Waals surface area contributed by atoms with Crippen molar-refractivity contribution in [3.8, 4) is 11.6 Å². The maximum absolute atomic E-state index is 12.7. The summed E-state index contributed by atoms with van der Waals surface area (Å²) in [6.45, 7) is 0. The van der Waals surface area contributed by atoms with Crippen molar-refractivity contribution in [3.05, 3.63) is 121 Å². The maximum atomic E-state index is 12.7. The van der Waals surface area contributed by atoms with Crippen LogP contribution in [0.2, 0.25) is 5.02 Å². The summed E-state index contributed by atoms with van der Waals surface area (Å²) in [6, 6.07) is 23.7. The number of H-pyrrole nitrogens is 1. The molecule has 0 saturated heterocycles. The van der Waals surface area contributed by atoms with Gasteiger partial charge in [0, 0.05) is 16.7 Å².